The Labute approximate surface area is 108 Å². The van der Waals surface area contributed by atoms with Gasteiger partial charge in [-0.2, -0.15) is 0 Å². The quantitative estimate of drug-likeness (QED) is 0.609. The van der Waals surface area contributed by atoms with Gasteiger partial charge in [0.1, 0.15) is 5.58 Å². The minimum atomic E-state index is -0.878. The van der Waals surface area contributed by atoms with Gasteiger partial charge in [-0.1, -0.05) is 18.2 Å². The number of rotatable bonds is 2. The van der Waals surface area contributed by atoms with Gasteiger partial charge in [0.05, 0.1) is 0 Å². The van der Waals surface area contributed by atoms with E-state index in [0.29, 0.717) is 11.2 Å². The number of hydrogen-bond acceptors (Lipinski definition) is 5. The van der Waals surface area contributed by atoms with Crippen molar-refractivity contribution in [2.75, 3.05) is 0 Å². The summed E-state index contributed by atoms with van der Waals surface area (Å²) in [5, 5.41) is 0.738. The topological polar surface area (TPSA) is 65.7 Å². The molecule has 0 amide bonds. The Morgan fingerprint density at radius 2 is 2.00 bits per heavy atom. The van der Waals surface area contributed by atoms with Crippen LogP contribution in [0.3, 0.4) is 0 Å². The fraction of sp³-hybridized carbons (Fsp3) is 0.143. The Balaban J connectivity index is 1.95. The fourth-order valence-electron chi connectivity index (χ4n) is 1.81. The first-order valence-corrected chi connectivity index (χ1v) is 5.72. The molecule has 19 heavy (non-hydrogen) atoms. The van der Waals surface area contributed by atoms with Crippen molar-refractivity contribution in [1.29, 1.82) is 0 Å². The highest BCUT2D eigenvalue weighted by Gasteiger charge is 2.24. The number of carbonyl (C=O) groups is 1. The molecule has 5 nitrogen and oxygen atoms in total. The van der Waals surface area contributed by atoms with E-state index in [1.165, 1.54) is 6.08 Å². The van der Waals surface area contributed by atoms with Crippen LogP contribution in [-0.2, 0) is 9.53 Å². The van der Waals surface area contributed by atoms with Crippen LogP contribution in [0.25, 0.3) is 11.0 Å². The van der Waals surface area contributed by atoms with Gasteiger partial charge in [0.15, 0.2) is 0 Å². The molecule has 2 heterocycles. The van der Waals surface area contributed by atoms with Crippen LogP contribution in [0.5, 0.6) is 5.75 Å². The van der Waals surface area contributed by atoms with E-state index in [2.05, 4.69) is 0 Å². The lowest BCUT2D eigenvalue weighted by Gasteiger charge is -2.10. The Hall–Kier alpha value is -2.56. The molecule has 0 spiro atoms. The second kappa shape index (κ2) is 4.28. The highest BCUT2D eigenvalue weighted by Crippen LogP contribution is 2.20. The SMILES string of the molecule is CC1=CC(Oc2cc3ccccc3oc2=O)OC1=O. The summed E-state index contributed by atoms with van der Waals surface area (Å²) in [6, 6.07) is 8.66. The van der Waals surface area contributed by atoms with Crippen LogP contribution in [0.1, 0.15) is 6.92 Å². The molecule has 1 atom stereocenters. The second-order valence-corrected chi connectivity index (χ2v) is 4.18. The Morgan fingerprint density at radius 1 is 1.21 bits per heavy atom. The summed E-state index contributed by atoms with van der Waals surface area (Å²) >= 11 is 0. The van der Waals surface area contributed by atoms with E-state index >= 15 is 0 Å². The van der Waals surface area contributed by atoms with Crippen molar-refractivity contribution < 1.29 is 18.7 Å². The second-order valence-electron chi connectivity index (χ2n) is 4.18. The zero-order valence-corrected chi connectivity index (χ0v) is 10.1. The molecule has 0 fully saturated rings. The molecule has 0 saturated carbocycles. The van der Waals surface area contributed by atoms with Crippen LogP contribution >= 0.6 is 0 Å². The van der Waals surface area contributed by atoms with E-state index in [4.69, 9.17) is 13.9 Å². The molecule has 1 aromatic heterocycles. The van der Waals surface area contributed by atoms with E-state index in [1.54, 1.807) is 31.2 Å². The Morgan fingerprint density at radius 3 is 2.74 bits per heavy atom. The van der Waals surface area contributed by atoms with E-state index in [1.807, 2.05) is 6.07 Å². The van der Waals surface area contributed by atoms with Crippen molar-refractivity contribution in [2.24, 2.45) is 0 Å². The smallest absolute Gasteiger partial charge is 0.379 e. The fourth-order valence-corrected chi connectivity index (χ4v) is 1.81. The largest absolute Gasteiger partial charge is 0.443 e. The monoisotopic (exact) mass is 258 g/mol. The van der Waals surface area contributed by atoms with E-state index < -0.39 is 17.9 Å². The average Bonchev–Trinajstić information content (AvgIpc) is 2.69. The molecule has 0 radical (unpaired) electrons. The number of fused-ring (bicyclic) bond motifs is 1. The molecule has 0 bridgehead atoms. The highest BCUT2D eigenvalue weighted by atomic mass is 16.7. The lowest BCUT2D eigenvalue weighted by Crippen LogP contribution is -2.19. The molecule has 96 valence electrons. The van der Waals surface area contributed by atoms with Gasteiger partial charge in [0, 0.05) is 17.0 Å². The molecule has 1 unspecified atom stereocenters. The summed E-state index contributed by atoms with van der Waals surface area (Å²) in [6.45, 7) is 1.62. The molecule has 0 saturated heterocycles. The van der Waals surface area contributed by atoms with E-state index in [0.717, 1.165) is 5.39 Å². The number of hydrogen-bond donors (Lipinski definition) is 0. The van der Waals surface area contributed by atoms with Crippen molar-refractivity contribution in [3.63, 3.8) is 0 Å². The van der Waals surface area contributed by atoms with Crippen LogP contribution in [0.4, 0.5) is 0 Å². The predicted octanol–water partition coefficient (Wildman–Crippen LogP) is 2.00. The maximum Gasteiger partial charge on any atom is 0.379 e. The summed E-state index contributed by atoms with van der Waals surface area (Å²) in [4.78, 5) is 22.9. The first-order chi connectivity index (χ1) is 9.13. The molecular weight excluding hydrogens is 248 g/mol. The van der Waals surface area contributed by atoms with Gasteiger partial charge < -0.3 is 13.9 Å². The maximum atomic E-state index is 11.7. The van der Waals surface area contributed by atoms with Crippen molar-refractivity contribution in [2.45, 2.75) is 13.2 Å². The lowest BCUT2D eigenvalue weighted by molar-refractivity contribution is -0.148. The van der Waals surface area contributed by atoms with Crippen molar-refractivity contribution in [1.82, 2.24) is 0 Å². The van der Waals surface area contributed by atoms with Gasteiger partial charge in [0.2, 0.25) is 5.75 Å². The third-order valence-corrected chi connectivity index (χ3v) is 2.78. The molecule has 1 aliphatic rings. The Kier molecular flexibility index (Phi) is 2.59. The number of carbonyl (C=O) groups excluding carboxylic acids is 1. The number of ether oxygens (including phenoxy) is 2. The Bertz CT molecular complexity index is 741. The average molecular weight is 258 g/mol. The van der Waals surface area contributed by atoms with Crippen molar-refractivity contribution in [3.8, 4) is 5.75 Å². The molecule has 2 aromatic rings. The van der Waals surface area contributed by atoms with E-state index in [9.17, 15) is 9.59 Å². The van der Waals surface area contributed by atoms with Gasteiger partial charge in [-0.25, -0.2) is 9.59 Å². The third kappa shape index (κ3) is 2.10. The zero-order chi connectivity index (χ0) is 13.4. The maximum absolute atomic E-state index is 11.7. The standard InChI is InChI=1S/C14H10O5/c1-8-6-12(19-13(8)15)17-11-7-9-4-2-3-5-10(9)18-14(11)16/h2-7,12H,1H3. The highest BCUT2D eigenvalue weighted by molar-refractivity contribution is 5.90. The molecule has 5 heteroatoms. The lowest BCUT2D eigenvalue weighted by atomic mass is 10.2. The number of esters is 1. The van der Waals surface area contributed by atoms with Crippen LogP contribution in [0.15, 0.2) is 51.2 Å². The van der Waals surface area contributed by atoms with Gasteiger partial charge in [-0.05, 0) is 19.1 Å². The predicted molar refractivity (Wildman–Crippen MR) is 66.7 cm³/mol. The van der Waals surface area contributed by atoms with Crippen LogP contribution in [0.2, 0.25) is 0 Å². The number of benzene rings is 1. The van der Waals surface area contributed by atoms with E-state index in [-0.39, 0.29) is 5.75 Å². The molecule has 1 aliphatic heterocycles. The van der Waals surface area contributed by atoms with Crippen LogP contribution in [0, 0.1) is 0 Å². The molecule has 0 aliphatic carbocycles. The van der Waals surface area contributed by atoms with Gasteiger partial charge >= 0.3 is 11.6 Å². The summed E-state index contributed by atoms with van der Waals surface area (Å²) in [7, 11) is 0. The van der Waals surface area contributed by atoms with Crippen LogP contribution < -0.4 is 10.4 Å². The number of cyclic esters (lactones) is 1. The summed E-state index contributed by atoms with van der Waals surface area (Å²) < 4.78 is 15.4. The first kappa shape index (κ1) is 11.5. The van der Waals surface area contributed by atoms with Gasteiger partial charge in [-0.15, -0.1) is 0 Å². The molecule has 3 rings (SSSR count). The van der Waals surface area contributed by atoms with Gasteiger partial charge in [0.25, 0.3) is 6.29 Å². The molecular formula is C14H10O5. The van der Waals surface area contributed by atoms with Crippen LogP contribution in [-0.4, -0.2) is 12.3 Å². The first-order valence-electron chi connectivity index (χ1n) is 5.72. The zero-order valence-electron chi connectivity index (χ0n) is 10.1. The summed E-state index contributed by atoms with van der Waals surface area (Å²) in [5.41, 5.74) is 0.331. The minimum absolute atomic E-state index is 0.0162. The molecule has 0 N–H and O–H groups in total. The normalized spacial score (nSPS) is 18.3. The van der Waals surface area contributed by atoms with Crippen molar-refractivity contribution >= 4 is 16.9 Å². The van der Waals surface area contributed by atoms with Crippen molar-refractivity contribution in [3.05, 3.63) is 52.4 Å². The number of para-hydroxylation sites is 1. The summed E-state index contributed by atoms with van der Waals surface area (Å²) in [6.07, 6.45) is 0.633. The molecule has 1 aromatic carbocycles. The summed E-state index contributed by atoms with van der Waals surface area (Å²) in [5.74, 6) is -0.433. The third-order valence-electron chi connectivity index (χ3n) is 2.78. The minimum Gasteiger partial charge on any atom is -0.443 e. The van der Waals surface area contributed by atoms with Gasteiger partial charge in [-0.3, -0.25) is 0 Å².